The quantitative estimate of drug-likeness (QED) is 0.936. The number of carbonyl (C=O) groups is 1. The van der Waals surface area contributed by atoms with Crippen molar-refractivity contribution >= 4 is 11.6 Å². The standard InChI is InChI=1S/C17H15NO3/c19-17(18-14-9-5-2-6-10-14)15-12-20-16(21-15)11-13-7-3-1-4-8-13/h1-10,12,16H,11H2,(H,18,19). The number of hydrogen-bond donors (Lipinski definition) is 1. The van der Waals surface area contributed by atoms with Crippen LogP contribution in [-0.2, 0) is 20.7 Å². The summed E-state index contributed by atoms with van der Waals surface area (Å²) in [5.41, 5.74) is 1.82. The molecule has 3 rings (SSSR count). The van der Waals surface area contributed by atoms with Gasteiger partial charge in [0.15, 0.2) is 0 Å². The summed E-state index contributed by atoms with van der Waals surface area (Å²) in [5, 5.41) is 2.76. The second-order valence-electron chi connectivity index (χ2n) is 4.68. The van der Waals surface area contributed by atoms with E-state index in [1.807, 2.05) is 60.7 Å². The van der Waals surface area contributed by atoms with Crippen molar-refractivity contribution in [1.82, 2.24) is 0 Å². The maximum absolute atomic E-state index is 12.0. The lowest BCUT2D eigenvalue weighted by Crippen LogP contribution is -2.18. The molecule has 1 atom stereocenters. The van der Waals surface area contributed by atoms with Gasteiger partial charge in [-0.1, -0.05) is 48.5 Å². The molecule has 0 saturated heterocycles. The largest absolute Gasteiger partial charge is 0.458 e. The summed E-state index contributed by atoms with van der Waals surface area (Å²) >= 11 is 0. The Morgan fingerprint density at radius 1 is 1.00 bits per heavy atom. The Morgan fingerprint density at radius 3 is 2.38 bits per heavy atom. The van der Waals surface area contributed by atoms with Crippen LogP contribution >= 0.6 is 0 Å². The number of nitrogens with one attached hydrogen (secondary N) is 1. The Morgan fingerprint density at radius 2 is 1.67 bits per heavy atom. The summed E-state index contributed by atoms with van der Waals surface area (Å²) in [6, 6.07) is 19.1. The molecule has 106 valence electrons. The van der Waals surface area contributed by atoms with Crippen molar-refractivity contribution in [3.05, 3.63) is 78.2 Å². The first kappa shape index (κ1) is 13.2. The Kier molecular flexibility index (Phi) is 3.87. The predicted octanol–water partition coefficient (Wildman–Crippen LogP) is 3.08. The van der Waals surface area contributed by atoms with Gasteiger partial charge < -0.3 is 14.8 Å². The zero-order valence-electron chi connectivity index (χ0n) is 11.4. The van der Waals surface area contributed by atoms with Crippen LogP contribution in [0.1, 0.15) is 5.56 Å². The molecule has 0 aliphatic carbocycles. The van der Waals surface area contributed by atoms with Crippen LogP contribution in [0.25, 0.3) is 0 Å². The first-order chi connectivity index (χ1) is 10.3. The third-order valence-electron chi connectivity index (χ3n) is 3.09. The summed E-state index contributed by atoms with van der Waals surface area (Å²) in [6.45, 7) is 0. The number of rotatable bonds is 4. The molecule has 2 aromatic rings. The van der Waals surface area contributed by atoms with Gasteiger partial charge in [-0.05, 0) is 17.7 Å². The van der Waals surface area contributed by atoms with Crippen molar-refractivity contribution < 1.29 is 14.3 Å². The highest BCUT2D eigenvalue weighted by Gasteiger charge is 2.24. The van der Waals surface area contributed by atoms with E-state index in [-0.39, 0.29) is 11.7 Å². The predicted molar refractivity (Wildman–Crippen MR) is 79.3 cm³/mol. The van der Waals surface area contributed by atoms with Gasteiger partial charge >= 0.3 is 0 Å². The first-order valence-electron chi connectivity index (χ1n) is 6.74. The van der Waals surface area contributed by atoms with Gasteiger partial charge in [-0.25, -0.2) is 0 Å². The minimum atomic E-state index is -0.455. The highest BCUT2D eigenvalue weighted by Crippen LogP contribution is 2.19. The lowest BCUT2D eigenvalue weighted by Gasteiger charge is -2.11. The van der Waals surface area contributed by atoms with E-state index < -0.39 is 6.29 Å². The van der Waals surface area contributed by atoms with Crippen molar-refractivity contribution in [3.63, 3.8) is 0 Å². The normalized spacial score (nSPS) is 16.6. The fourth-order valence-electron chi connectivity index (χ4n) is 2.05. The molecule has 1 amide bonds. The Labute approximate surface area is 123 Å². The third-order valence-corrected chi connectivity index (χ3v) is 3.09. The van der Waals surface area contributed by atoms with Crippen LogP contribution in [0.3, 0.4) is 0 Å². The minimum absolute atomic E-state index is 0.194. The minimum Gasteiger partial charge on any atom is -0.458 e. The Balaban J connectivity index is 1.55. The number of hydrogen-bond acceptors (Lipinski definition) is 3. The summed E-state index contributed by atoms with van der Waals surface area (Å²) in [4.78, 5) is 12.0. The van der Waals surface area contributed by atoms with Crippen LogP contribution in [0.2, 0.25) is 0 Å². The van der Waals surface area contributed by atoms with Gasteiger partial charge in [0.05, 0.1) is 0 Å². The van der Waals surface area contributed by atoms with Crippen LogP contribution in [-0.4, -0.2) is 12.2 Å². The molecule has 1 aliphatic rings. The fourth-order valence-corrected chi connectivity index (χ4v) is 2.05. The average molecular weight is 281 g/mol. The van der Waals surface area contributed by atoms with E-state index >= 15 is 0 Å². The van der Waals surface area contributed by atoms with E-state index in [4.69, 9.17) is 9.47 Å². The molecule has 1 aliphatic heterocycles. The molecule has 1 unspecified atom stereocenters. The summed E-state index contributed by atoms with van der Waals surface area (Å²) in [5.74, 6) is -0.114. The highest BCUT2D eigenvalue weighted by atomic mass is 16.7. The molecule has 0 radical (unpaired) electrons. The Bertz CT molecular complexity index is 638. The summed E-state index contributed by atoms with van der Waals surface area (Å²) in [7, 11) is 0. The molecule has 4 nitrogen and oxygen atoms in total. The average Bonchev–Trinajstić information content (AvgIpc) is 2.98. The second kappa shape index (κ2) is 6.13. The van der Waals surface area contributed by atoms with Crippen molar-refractivity contribution in [2.75, 3.05) is 5.32 Å². The fraction of sp³-hybridized carbons (Fsp3) is 0.118. The van der Waals surface area contributed by atoms with E-state index in [0.717, 1.165) is 11.3 Å². The van der Waals surface area contributed by atoms with Gasteiger partial charge in [0.2, 0.25) is 12.0 Å². The molecular weight excluding hydrogens is 266 g/mol. The number of carbonyl (C=O) groups excluding carboxylic acids is 1. The smallest absolute Gasteiger partial charge is 0.294 e. The van der Waals surface area contributed by atoms with Crippen LogP contribution in [0.15, 0.2) is 72.7 Å². The van der Waals surface area contributed by atoms with E-state index in [0.29, 0.717) is 6.42 Å². The van der Waals surface area contributed by atoms with Crippen LogP contribution in [0.5, 0.6) is 0 Å². The number of amides is 1. The number of ether oxygens (including phenoxy) is 2. The van der Waals surface area contributed by atoms with Gasteiger partial charge in [0.1, 0.15) is 6.26 Å². The number of anilines is 1. The van der Waals surface area contributed by atoms with Crippen molar-refractivity contribution in [3.8, 4) is 0 Å². The topological polar surface area (TPSA) is 47.6 Å². The van der Waals surface area contributed by atoms with Crippen LogP contribution in [0.4, 0.5) is 5.69 Å². The lowest BCUT2D eigenvalue weighted by atomic mass is 10.1. The molecule has 0 saturated carbocycles. The monoisotopic (exact) mass is 281 g/mol. The van der Waals surface area contributed by atoms with Gasteiger partial charge in [-0.3, -0.25) is 4.79 Å². The third kappa shape index (κ3) is 3.42. The van der Waals surface area contributed by atoms with E-state index in [1.54, 1.807) is 0 Å². The van der Waals surface area contributed by atoms with Crippen molar-refractivity contribution in [2.45, 2.75) is 12.7 Å². The molecule has 0 spiro atoms. The zero-order chi connectivity index (χ0) is 14.5. The van der Waals surface area contributed by atoms with Crippen molar-refractivity contribution in [2.24, 2.45) is 0 Å². The number of benzene rings is 2. The van der Waals surface area contributed by atoms with E-state index in [1.165, 1.54) is 6.26 Å². The molecule has 0 aromatic heterocycles. The molecule has 1 N–H and O–H groups in total. The number of para-hydroxylation sites is 1. The maximum atomic E-state index is 12.0. The maximum Gasteiger partial charge on any atom is 0.294 e. The molecular formula is C17H15NO3. The SMILES string of the molecule is O=C(Nc1ccccc1)C1=COC(Cc2ccccc2)O1. The molecule has 2 aromatic carbocycles. The van der Waals surface area contributed by atoms with Gasteiger partial charge in [0.25, 0.3) is 5.91 Å². The lowest BCUT2D eigenvalue weighted by molar-refractivity contribution is -0.118. The Hall–Kier alpha value is -2.75. The van der Waals surface area contributed by atoms with Crippen LogP contribution < -0.4 is 5.32 Å². The molecule has 4 heteroatoms. The molecule has 0 fully saturated rings. The van der Waals surface area contributed by atoms with E-state index in [2.05, 4.69) is 5.32 Å². The van der Waals surface area contributed by atoms with Gasteiger partial charge in [-0.2, -0.15) is 0 Å². The zero-order valence-corrected chi connectivity index (χ0v) is 11.4. The van der Waals surface area contributed by atoms with E-state index in [9.17, 15) is 4.79 Å². The van der Waals surface area contributed by atoms with Gasteiger partial charge in [0, 0.05) is 12.1 Å². The van der Waals surface area contributed by atoms with Crippen LogP contribution in [0, 0.1) is 0 Å². The summed E-state index contributed by atoms with van der Waals surface area (Å²) < 4.78 is 10.9. The first-order valence-corrected chi connectivity index (χ1v) is 6.74. The van der Waals surface area contributed by atoms with Gasteiger partial charge in [-0.15, -0.1) is 0 Å². The molecule has 1 heterocycles. The summed E-state index contributed by atoms with van der Waals surface area (Å²) in [6.07, 6.45) is 1.51. The second-order valence-corrected chi connectivity index (χ2v) is 4.68. The molecule has 21 heavy (non-hydrogen) atoms. The highest BCUT2D eigenvalue weighted by molar-refractivity contribution is 6.02. The molecule has 0 bridgehead atoms. The van der Waals surface area contributed by atoms with Crippen molar-refractivity contribution in [1.29, 1.82) is 0 Å².